The minimum Gasteiger partial charge on any atom is -1.00 e. The molecule has 1 atom stereocenters. The van der Waals surface area contributed by atoms with Crippen LogP contribution in [-0.2, 0) is 51.0 Å². The van der Waals surface area contributed by atoms with Crippen LogP contribution in [0.2, 0.25) is 0 Å². The maximum Gasteiger partial charge on any atom is 0.407 e. The number of esters is 2. The number of nitrogens with zero attached hydrogens (tertiary/aromatic N) is 3. The molecule has 1 amide bonds. The van der Waals surface area contributed by atoms with Gasteiger partial charge in [0.25, 0.3) is 0 Å². The Hall–Kier alpha value is -3.63. The zero-order chi connectivity index (χ0) is 67.7. The molecule has 1 aromatic heterocycles. The second kappa shape index (κ2) is 50.7. The number of carbonyl (C=O) groups excluding carboxylic acids is 4. The fourth-order valence-corrected chi connectivity index (χ4v) is 16.5. The van der Waals surface area contributed by atoms with Crippen molar-refractivity contribution >= 4 is 147 Å². The van der Waals surface area contributed by atoms with Crippen LogP contribution >= 0.6 is 103 Å². The number of ether oxygens (including phenoxy) is 5. The van der Waals surface area contributed by atoms with Gasteiger partial charge in [0.1, 0.15) is 42.2 Å². The third-order valence-corrected chi connectivity index (χ3v) is 22.5. The molecule has 0 saturated carbocycles. The third kappa shape index (κ3) is 37.9. The van der Waals surface area contributed by atoms with E-state index in [0.717, 1.165) is 132 Å². The van der Waals surface area contributed by atoms with Crippen molar-refractivity contribution in [3.63, 3.8) is 0 Å². The number of fused-ring (bicyclic) bond motifs is 5. The Kier molecular flexibility index (Phi) is 46.6. The Morgan fingerprint density at radius 2 is 1.08 bits per heavy atom. The van der Waals surface area contributed by atoms with Gasteiger partial charge in [-0.15, -0.1) is 28.6 Å². The average Bonchev–Trinajstić information content (AvgIpc) is 1.70. The molecule has 26 heteroatoms. The largest absolute Gasteiger partial charge is 1.00 e. The summed E-state index contributed by atoms with van der Waals surface area (Å²) in [5, 5.41) is 23.3. The van der Waals surface area contributed by atoms with Crippen LogP contribution in [0.4, 0.5) is 4.79 Å². The first-order valence-electron chi connectivity index (χ1n) is 31.4. The van der Waals surface area contributed by atoms with Crippen molar-refractivity contribution in [1.82, 2.24) is 20.3 Å². The number of thioether (sulfide) groups is 3. The van der Waals surface area contributed by atoms with Gasteiger partial charge >= 0.3 is 18.0 Å². The van der Waals surface area contributed by atoms with Gasteiger partial charge in [0.15, 0.2) is 0 Å². The second-order valence-corrected chi connectivity index (χ2v) is 34.1. The van der Waals surface area contributed by atoms with Gasteiger partial charge in [-0.3, -0.25) is 25.2 Å². The molecule has 0 bridgehead atoms. The van der Waals surface area contributed by atoms with Gasteiger partial charge in [-0.05, 0) is 62.0 Å². The molecule has 4 aromatic carbocycles. The molecule has 1 aliphatic carbocycles. The molecule has 0 fully saturated rings. The first-order valence-corrected chi connectivity index (χ1v) is 40.2. The maximum absolute atomic E-state index is 13.2. The predicted molar refractivity (Wildman–Crippen MR) is 405 cm³/mol. The summed E-state index contributed by atoms with van der Waals surface area (Å²) in [4.78, 5) is 48.3. The molecular formula is C69H96Cl2N6O9S9. The molecule has 15 nitrogen and oxygen atoms in total. The number of hydrogen-bond acceptors (Lipinski definition) is 20. The first-order chi connectivity index (χ1) is 44.7. The molecule has 5 aromatic rings. The van der Waals surface area contributed by atoms with Crippen LogP contribution in [0.25, 0.3) is 22.5 Å². The fraction of sp³-hybridized carbons (Fsp3) is 0.507. The van der Waals surface area contributed by atoms with Crippen LogP contribution in [0.5, 0.6) is 0 Å². The molecule has 1 aliphatic rings. The number of hydrogen-bond donors (Lipinski definition) is 3. The average molecular weight is 1510 g/mol. The molecule has 95 heavy (non-hydrogen) atoms. The number of ketones is 1. The van der Waals surface area contributed by atoms with Crippen LogP contribution in [0.1, 0.15) is 141 Å². The summed E-state index contributed by atoms with van der Waals surface area (Å²) in [5.74, 6) is 4.74. The first kappa shape index (κ1) is 87.5. The number of nitrogens with two attached hydrogens (primary N) is 2. The minimum absolute atomic E-state index is 0. The quantitative estimate of drug-likeness (QED) is 0.00851. The van der Waals surface area contributed by atoms with E-state index in [9.17, 15) is 19.2 Å². The molecule has 0 spiro atoms. The summed E-state index contributed by atoms with van der Waals surface area (Å²) in [6.45, 7) is 17.8. The van der Waals surface area contributed by atoms with Crippen molar-refractivity contribution in [3.05, 3.63) is 131 Å². The van der Waals surface area contributed by atoms with E-state index in [4.69, 9.17) is 58.9 Å². The number of amides is 1. The van der Waals surface area contributed by atoms with Crippen LogP contribution in [0.15, 0.2) is 109 Å². The predicted octanol–water partition coefficient (Wildman–Crippen LogP) is 7.87. The molecule has 5 N–H and O–H groups in total. The molecule has 6 rings (SSSR count). The summed E-state index contributed by atoms with van der Waals surface area (Å²) in [5.41, 5.74) is 9.19. The highest BCUT2D eigenvalue weighted by molar-refractivity contribution is 8.77. The zero-order valence-electron chi connectivity index (χ0n) is 56.0. The smallest absolute Gasteiger partial charge is 0.407 e. The Morgan fingerprint density at radius 1 is 0.589 bits per heavy atom. The summed E-state index contributed by atoms with van der Waals surface area (Å²) in [6.07, 6.45) is 8.93. The zero-order valence-corrected chi connectivity index (χ0v) is 64.9. The van der Waals surface area contributed by atoms with E-state index in [0.29, 0.717) is 71.6 Å². The number of Topliss-reactive ketones (excluding diaryl/α,β-unsaturated/α-hetero) is 1. The Morgan fingerprint density at radius 3 is 1.62 bits per heavy atom. The SMILES string of the molecule is CC(=[NH2+])CCCSSCCOCCC(C)=O.CC(=[NH2+])CCCSSCCOCCCNC(=O)OC1Cc2ccccc2-c2nnn(CCOC(=O)CCC(C)(C)SC(=S)c3ccccc3)c2-c2ccccc21.CSCCOC(=O)CCC(C)(C)SC(=S)c1ccccc1.[Cl-].[Cl-]. The lowest BCUT2D eigenvalue weighted by atomic mass is 9.87. The molecule has 0 saturated heterocycles. The van der Waals surface area contributed by atoms with Gasteiger partial charge in [0.05, 0.1) is 40.5 Å². The van der Waals surface area contributed by atoms with E-state index < -0.39 is 12.2 Å². The highest BCUT2D eigenvalue weighted by Crippen LogP contribution is 2.42. The normalized spacial score (nSPS) is 12.1. The van der Waals surface area contributed by atoms with E-state index in [1.165, 1.54) is 0 Å². The summed E-state index contributed by atoms with van der Waals surface area (Å²) in [7, 11) is 7.34. The van der Waals surface area contributed by atoms with Crippen molar-refractivity contribution in [1.29, 1.82) is 0 Å². The lowest BCUT2D eigenvalue weighted by molar-refractivity contribution is -0.144. The number of alkyl carbamates (subject to hydrolysis) is 1. The number of benzene rings is 4. The lowest BCUT2D eigenvalue weighted by Crippen LogP contribution is -3.00. The Bertz CT molecular complexity index is 3080. The van der Waals surface area contributed by atoms with E-state index in [1.807, 2.05) is 172 Å². The van der Waals surface area contributed by atoms with Gasteiger partial charge in [-0.2, -0.15) is 11.8 Å². The van der Waals surface area contributed by atoms with Gasteiger partial charge in [0.2, 0.25) is 0 Å². The summed E-state index contributed by atoms with van der Waals surface area (Å²) < 4.78 is 31.2. The number of halogens is 2. The molecule has 0 radical (unpaired) electrons. The lowest BCUT2D eigenvalue weighted by Gasteiger charge is -2.25. The van der Waals surface area contributed by atoms with E-state index in [-0.39, 0.29) is 65.1 Å². The molecule has 524 valence electrons. The van der Waals surface area contributed by atoms with Gasteiger partial charge in [-0.1, -0.05) is 210 Å². The Balaban J connectivity index is 0.000000644. The van der Waals surface area contributed by atoms with Gasteiger partial charge in [0, 0.05) is 120 Å². The summed E-state index contributed by atoms with van der Waals surface area (Å²) >= 11 is 16.1. The topological polar surface area (TPSA) is 208 Å². The van der Waals surface area contributed by atoms with E-state index >= 15 is 0 Å². The minimum atomic E-state index is -0.560. The monoisotopic (exact) mass is 1510 g/mol. The van der Waals surface area contributed by atoms with Crippen LogP contribution < -0.4 is 40.9 Å². The number of aromatic nitrogens is 3. The van der Waals surface area contributed by atoms with Crippen molar-refractivity contribution in [2.45, 2.75) is 141 Å². The number of rotatable bonds is 40. The number of thiocarbonyl (C=S) groups is 2. The molecule has 0 aliphatic heterocycles. The highest BCUT2D eigenvalue weighted by Gasteiger charge is 2.31. The molecular weight excluding hydrogens is 1420 g/mol. The standard InChI is InChI=1S/C42H51N5O5S4.C16H22O2S3.C11H21NO2S2.2ClH/c1-30(43)13-11-27-54-55-28-26-50-24-12-22-44-41(49)52-36-29-32-16-7-8-17-33(32)38-39(35-19-10-9-18-34(35)36)47(46-45-38)23-25-51-37(48)20-21-42(2,3)56-40(53)31-14-5-4-6-15-31;1-16(2,10-9-14(17)18-11-12-20-3)21-15(19)13-7-5-4-6-8-13;1-10(12)4-3-8-15-16-9-7-14-6-5-11(2)13;;/h4-10,14-19,36,43H,11-13,20-29H2,1-3H3,(H,44,49);4-8H,9-12H2,1-3H3;12H,3-9H2,1-2H3;2*1H. The van der Waals surface area contributed by atoms with Crippen LogP contribution in [0.3, 0.4) is 0 Å². The molecule has 1 heterocycles. The van der Waals surface area contributed by atoms with Crippen molar-refractivity contribution in [2.24, 2.45) is 0 Å². The van der Waals surface area contributed by atoms with Gasteiger partial charge < -0.3 is 53.8 Å². The van der Waals surface area contributed by atoms with Crippen LogP contribution in [-0.4, -0.2) is 149 Å². The van der Waals surface area contributed by atoms with E-state index in [1.54, 1.807) is 46.9 Å². The molecule has 1 unspecified atom stereocenters. The van der Waals surface area contributed by atoms with Crippen molar-refractivity contribution in [2.75, 3.05) is 81.2 Å². The van der Waals surface area contributed by atoms with E-state index in [2.05, 4.69) is 43.3 Å². The maximum atomic E-state index is 13.2. The Labute approximate surface area is 616 Å². The fourth-order valence-electron chi connectivity index (χ4n) is 8.76. The highest BCUT2D eigenvalue weighted by atomic mass is 35.5. The van der Waals surface area contributed by atoms with Crippen molar-refractivity contribution in [3.8, 4) is 22.5 Å². The van der Waals surface area contributed by atoms with Crippen LogP contribution in [0, 0.1) is 0 Å². The number of carbonyl (C=O) groups is 4. The van der Waals surface area contributed by atoms with Crippen molar-refractivity contribution < 1.29 is 78.5 Å². The second-order valence-electron chi connectivity index (χ2n) is 23.0. The summed E-state index contributed by atoms with van der Waals surface area (Å²) in [6, 6.07) is 35.7. The third-order valence-electron chi connectivity index (χ3n) is 13.7. The number of nitrogens with one attached hydrogen (secondary N) is 1. The van der Waals surface area contributed by atoms with Gasteiger partial charge in [-0.25, -0.2) is 9.48 Å².